The van der Waals surface area contributed by atoms with Gasteiger partial charge in [-0.3, -0.25) is 4.90 Å². The van der Waals surface area contributed by atoms with Gasteiger partial charge in [-0.2, -0.15) is 5.10 Å². The number of nitrogens with zero attached hydrogens (tertiary/aromatic N) is 5. The van der Waals surface area contributed by atoms with Crippen molar-refractivity contribution in [3.63, 3.8) is 0 Å². The number of amides is 2. The predicted molar refractivity (Wildman–Crippen MR) is 110 cm³/mol. The summed E-state index contributed by atoms with van der Waals surface area (Å²) in [5.41, 5.74) is 1.37. The molecule has 1 aromatic carbocycles. The van der Waals surface area contributed by atoms with Crippen LogP contribution in [0.2, 0.25) is 0 Å². The minimum absolute atomic E-state index is 0.0510. The molecular formula is C21H32N6O. The number of likely N-dealkylation sites (tertiary alicyclic amines) is 1. The summed E-state index contributed by atoms with van der Waals surface area (Å²) in [6.45, 7) is 8.69. The normalized spacial score (nSPS) is 16.7. The lowest BCUT2D eigenvalue weighted by Crippen LogP contribution is -2.43. The SMILES string of the molecule is CCn1ncnc1[C@@H](C)NC(=O)N(C)CC1CCN(Cc2ccccc2)CC1. The van der Waals surface area contributed by atoms with Gasteiger partial charge < -0.3 is 10.2 Å². The van der Waals surface area contributed by atoms with Crippen LogP contribution in [0.25, 0.3) is 0 Å². The third kappa shape index (κ3) is 5.32. The maximum Gasteiger partial charge on any atom is 0.317 e. The van der Waals surface area contributed by atoms with Crippen molar-refractivity contribution in [3.05, 3.63) is 48.0 Å². The summed E-state index contributed by atoms with van der Waals surface area (Å²) in [4.78, 5) is 21.2. The largest absolute Gasteiger partial charge is 0.328 e. The van der Waals surface area contributed by atoms with E-state index in [4.69, 9.17) is 0 Å². The number of rotatable bonds is 7. The van der Waals surface area contributed by atoms with Crippen LogP contribution in [0.15, 0.2) is 36.7 Å². The summed E-state index contributed by atoms with van der Waals surface area (Å²) >= 11 is 0. The number of aromatic nitrogens is 3. The Balaban J connectivity index is 1.42. The molecule has 0 aliphatic carbocycles. The molecule has 2 aromatic rings. The molecule has 0 radical (unpaired) electrons. The third-order valence-electron chi connectivity index (χ3n) is 5.51. The minimum atomic E-state index is -0.162. The Bertz CT molecular complexity index is 738. The second-order valence-corrected chi connectivity index (χ2v) is 7.69. The van der Waals surface area contributed by atoms with E-state index in [1.54, 1.807) is 4.90 Å². The molecule has 0 unspecified atom stereocenters. The molecule has 2 amide bonds. The number of benzene rings is 1. The van der Waals surface area contributed by atoms with Crippen molar-refractivity contribution in [2.45, 2.75) is 45.8 Å². The highest BCUT2D eigenvalue weighted by Crippen LogP contribution is 2.20. The van der Waals surface area contributed by atoms with Gasteiger partial charge in [-0.1, -0.05) is 30.3 Å². The molecule has 2 heterocycles. The van der Waals surface area contributed by atoms with E-state index in [1.807, 2.05) is 25.6 Å². The van der Waals surface area contributed by atoms with Crippen molar-refractivity contribution in [3.8, 4) is 0 Å². The predicted octanol–water partition coefficient (Wildman–Crippen LogP) is 2.91. The molecule has 3 rings (SSSR count). The van der Waals surface area contributed by atoms with E-state index >= 15 is 0 Å². The number of hydrogen-bond acceptors (Lipinski definition) is 4. The van der Waals surface area contributed by atoms with Crippen LogP contribution >= 0.6 is 0 Å². The highest BCUT2D eigenvalue weighted by atomic mass is 16.2. The molecule has 1 N–H and O–H groups in total. The summed E-state index contributed by atoms with van der Waals surface area (Å²) in [5.74, 6) is 1.34. The van der Waals surface area contributed by atoms with Gasteiger partial charge >= 0.3 is 6.03 Å². The molecule has 7 heteroatoms. The number of carbonyl (C=O) groups excluding carboxylic acids is 1. The van der Waals surface area contributed by atoms with Crippen molar-refractivity contribution < 1.29 is 4.79 Å². The van der Waals surface area contributed by atoms with Gasteiger partial charge in [0.25, 0.3) is 0 Å². The lowest BCUT2D eigenvalue weighted by molar-refractivity contribution is 0.149. The Hall–Kier alpha value is -2.41. The molecule has 1 aliphatic rings. The third-order valence-corrected chi connectivity index (χ3v) is 5.51. The average Bonchev–Trinajstić information content (AvgIpc) is 3.19. The van der Waals surface area contributed by atoms with Crippen LogP contribution < -0.4 is 5.32 Å². The van der Waals surface area contributed by atoms with Crippen LogP contribution in [0.4, 0.5) is 4.79 Å². The molecule has 1 atom stereocenters. The van der Waals surface area contributed by atoms with Gasteiger partial charge in [0.05, 0.1) is 6.04 Å². The fourth-order valence-electron chi connectivity index (χ4n) is 3.85. The first kappa shape index (κ1) is 20.3. The zero-order valence-corrected chi connectivity index (χ0v) is 17.2. The number of piperidine rings is 1. The van der Waals surface area contributed by atoms with E-state index in [0.29, 0.717) is 5.92 Å². The number of carbonyl (C=O) groups is 1. The quantitative estimate of drug-likeness (QED) is 0.797. The maximum absolute atomic E-state index is 12.6. The Morgan fingerprint density at radius 1 is 1.29 bits per heavy atom. The van der Waals surface area contributed by atoms with Gasteiger partial charge in [-0.15, -0.1) is 0 Å². The second kappa shape index (κ2) is 9.68. The van der Waals surface area contributed by atoms with Crippen molar-refractivity contribution in [2.24, 2.45) is 5.92 Å². The van der Waals surface area contributed by atoms with Gasteiger partial charge in [-0.25, -0.2) is 14.5 Å². The van der Waals surface area contributed by atoms with E-state index in [9.17, 15) is 4.79 Å². The molecule has 28 heavy (non-hydrogen) atoms. The molecule has 0 saturated carbocycles. The van der Waals surface area contributed by atoms with E-state index in [1.165, 1.54) is 11.9 Å². The van der Waals surface area contributed by atoms with Crippen LogP contribution in [0, 0.1) is 5.92 Å². The Labute approximate surface area is 167 Å². The fourth-order valence-corrected chi connectivity index (χ4v) is 3.85. The zero-order chi connectivity index (χ0) is 19.9. The van der Waals surface area contributed by atoms with Gasteiger partial charge in [0.15, 0.2) is 0 Å². The lowest BCUT2D eigenvalue weighted by Gasteiger charge is -2.34. The molecule has 1 aliphatic heterocycles. The van der Waals surface area contributed by atoms with Gasteiger partial charge in [0.2, 0.25) is 0 Å². The van der Waals surface area contributed by atoms with Crippen LogP contribution in [0.3, 0.4) is 0 Å². The molecule has 1 fully saturated rings. The highest BCUT2D eigenvalue weighted by Gasteiger charge is 2.23. The molecule has 1 aromatic heterocycles. The molecule has 152 valence electrons. The molecule has 0 bridgehead atoms. The monoisotopic (exact) mass is 384 g/mol. The van der Waals surface area contributed by atoms with Crippen LogP contribution in [-0.2, 0) is 13.1 Å². The molecule has 7 nitrogen and oxygen atoms in total. The highest BCUT2D eigenvalue weighted by molar-refractivity contribution is 5.74. The molecular weight excluding hydrogens is 352 g/mol. The maximum atomic E-state index is 12.6. The zero-order valence-electron chi connectivity index (χ0n) is 17.2. The van der Waals surface area contributed by atoms with E-state index in [0.717, 1.165) is 51.4 Å². The smallest absolute Gasteiger partial charge is 0.317 e. The van der Waals surface area contributed by atoms with Gasteiger partial charge in [-0.05, 0) is 51.3 Å². The first-order valence-electron chi connectivity index (χ1n) is 10.2. The van der Waals surface area contributed by atoms with Gasteiger partial charge in [0, 0.05) is 26.7 Å². The number of urea groups is 1. The summed E-state index contributed by atoms with van der Waals surface area (Å²) < 4.78 is 1.81. The molecule has 0 spiro atoms. The van der Waals surface area contributed by atoms with Crippen molar-refractivity contribution in [1.82, 2.24) is 29.9 Å². The Morgan fingerprint density at radius 2 is 2.00 bits per heavy atom. The number of hydrogen-bond donors (Lipinski definition) is 1. The number of nitrogens with one attached hydrogen (secondary N) is 1. The van der Waals surface area contributed by atoms with Crippen molar-refractivity contribution in [1.29, 1.82) is 0 Å². The van der Waals surface area contributed by atoms with E-state index < -0.39 is 0 Å². The topological polar surface area (TPSA) is 66.3 Å². The van der Waals surface area contributed by atoms with Crippen molar-refractivity contribution >= 4 is 6.03 Å². The summed E-state index contributed by atoms with van der Waals surface area (Å²) in [6.07, 6.45) is 3.79. The minimum Gasteiger partial charge on any atom is -0.328 e. The Morgan fingerprint density at radius 3 is 2.68 bits per heavy atom. The standard InChI is InChI=1S/C21H32N6O/c1-4-27-20(22-16-23-27)17(2)24-21(28)25(3)14-19-10-12-26(13-11-19)15-18-8-6-5-7-9-18/h5-9,16-17,19H,4,10-15H2,1-3H3,(H,24,28)/t17-/m1/s1. The first-order valence-corrected chi connectivity index (χ1v) is 10.2. The van der Waals surface area contributed by atoms with Crippen LogP contribution in [0.1, 0.15) is 44.1 Å². The second-order valence-electron chi connectivity index (χ2n) is 7.69. The van der Waals surface area contributed by atoms with Crippen LogP contribution in [0.5, 0.6) is 0 Å². The van der Waals surface area contributed by atoms with E-state index in [-0.39, 0.29) is 12.1 Å². The number of aryl methyl sites for hydroxylation is 1. The van der Waals surface area contributed by atoms with E-state index in [2.05, 4.69) is 50.6 Å². The summed E-state index contributed by atoms with van der Waals surface area (Å²) in [6, 6.07) is 10.4. The summed E-state index contributed by atoms with van der Waals surface area (Å²) in [7, 11) is 1.88. The van der Waals surface area contributed by atoms with Crippen LogP contribution in [-0.4, -0.2) is 57.3 Å². The summed E-state index contributed by atoms with van der Waals surface area (Å²) in [5, 5.41) is 7.22. The lowest BCUT2D eigenvalue weighted by atomic mass is 9.96. The first-order chi connectivity index (χ1) is 13.6. The Kier molecular flexibility index (Phi) is 7.03. The van der Waals surface area contributed by atoms with Gasteiger partial charge in [0.1, 0.15) is 12.2 Å². The fraction of sp³-hybridized carbons (Fsp3) is 0.571. The van der Waals surface area contributed by atoms with Crippen molar-refractivity contribution in [2.75, 3.05) is 26.7 Å². The average molecular weight is 385 g/mol. The molecule has 1 saturated heterocycles.